The van der Waals surface area contributed by atoms with Crippen molar-refractivity contribution >= 4 is 45.6 Å². The van der Waals surface area contributed by atoms with E-state index in [1.54, 1.807) is 23.3 Å². The van der Waals surface area contributed by atoms with Gasteiger partial charge in [-0.3, -0.25) is 4.79 Å². The van der Waals surface area contributed by atoms with Gasteiger partial charge in [0.1, 0.15) is 0 Å². The minimum absolute atomic E-state index is 0. The Balaban J connectivity index is 0.00000242. The molecule has 6 nitrogen and oxygen atoms in total. The third-order valence-electron chi connectivity index (χ3n) is 2.93. The molecule has 1 N–H and O–H groups in total. The molecule has 0 bridgehead atoms. The molecule has 0 aliphatic heterocycles. The zero-order valence-electron chi connectivity index (χ0n) is 12.3. The number of carbonyl (C=O) groups is 1. The number of halogens is 2. The van der Waals surface area contributed by atoms with Crippen molar-refractivity contribution in [1.29, 1.82) is 0 Å². The fraction of sp³-hybridized carbons (Fsp3) is 0.462. The molecule has 0 aliphatic rings. The standard InChI is InChI=1S/C13H17BrN4O2S.ClH/c1-15-5-6-18(2)12(19)4-3-11-16-13(17-20-11)10-7-9(14)8-21-10;/h7-8,15H,3-6H2,1-2H3;1H. The Morgan fingerprint density at radius 1 is 1.55 bits per heavy atom. The van der Waals surface area contributed by atoms with Crippen LogP contribution in [0, 0.1) is 0 Å². The van der Waals surface area contributed by atoms with Gasteiger partial charge in [-0.2, -0.15) is 4.98 Å². The summed E-state index contributed by atoms with van der Waals surface area (Å²) in [5, 5.41) is 8.92. The maximum atomic E-state index is 11.9. The molecule has 0 aromatic carbocycles. The molecule has 0 atom stereocenters. The first-order chi connectivity index (χ1) is 10.1. The van der Waals surface area contributed by atoms with Crippen LogP contribution in [-0.2, 0) is 11.2 Å². The summed E-state index contributed by atoms with van der Waals surface area (Å²) in [6.07, 6.45) is 0.832. The van der Waals surface area contributed by atoms with Gasteiger partial charge in [0.25, 0.3) is 0 Å². The Bertz CT molecular complexity index is 604. The summed E-state index contributed by atoms with van der Waals surface area (Å²) in [5.74, 6) is 1.13. The number of thiophene rings is 1. The summed E-state index contributed by atoms with van der Waals surface area (Å²) >= 11 is 4.93. The minimum atomic E-state index is 0. The molecule has 0 saturated carbocycles. The van der Waals surface area contributed by atoms with Crippen LogP contribution < -0.4 is 5.32 Å². The van der Waals surface area contributed by atoms with Gasteiger partial charge in [-0.15, -0.1) is 23.7 Å². The lowest BCUT2D eigenvalue weighted by Crippen LogP contribution is -2.32. The Morgan fingerprint density at radius 3 is 2.95 bits per heavy atom. The summed E-state index contributed by atoms with van der Waals surface area (Å²) in [7, 11) is 3.66. The van der Waals surface area contributed by atoms with E-state index in [9.17, 15) is 4.79 Å². The van der Waals surface area contributed by atoms with E-state index in [0.717, 1.165) is 15.9 Å². The molecule has 9 heteroatoms. The minimum Gasteiger partial charge on any atom is -0.344 e. The third-order valence-corrected chi connectivity index (χ3v) is 4.62. The largest absolute Gasteiger partial charge is 0.344 e. The highest BCUT2D eigenvalue weighted by Gasteiger charge is 2.13. The molecule has 0 aliphatic carbocycles. The summed E-state index contributed by atoms with van der Waals surface area (Å²) in [6.45, 7) is 1.47. The second-order valence-electron chi connectivity index (χ2n) is 4.56. The van der Waals surface area contributed by atoms with Crippen molar-refractivity contribution in [3.05, 3.63) is 21.8 Å². The fourth-order valence-corrected chi connectivity index (χ4v) is 3.05. The lowest BCUT2D eigenvalue weighted by Gasteiger charge is -2.16. The quantitative estimate of drug-likeness (QED) is 0.761. The molecule has 2 aromatic rings. The van der Waals surface area contributed by atoms with Crippen molar-refractivity contribution < 1.29 is 9.32 Å². The molecule has 22 heavy (non-hydrogen) atoms. The van der Waals surface area contributed by atoms with Gasteiger partial charge in [0.05, 0.1) is 4.88 Å². The molecular formula is C13H18BrClN4O2S. The van der Waals surface area contributed by atoms with Gasteiger partial charge in [0, 0.05) is 42.8 Å². The molecule has 122 valence electrons. The van der Waals surface area contributed by atoms with Crippen LogP contribution in [0.4, 0.5) is 0 Å². The van der Waals surface area contributed by atoms with Crippen LogP contribution in [0.25, 0.3) is 10.7 Å². The van der Waals surface area contributed by atoms with Crippen LogP contribution in [0.1, 0.15) is 12.3 Å². The van der Waals surface area contributed by atoms with Crippen LogP contribution >= 0.6 is 39.7 Å². The molecule has 2 heterocycles. The number of amides is 1. The smallest absolute Gasteiger partial charge is 0.227 e. The summed E-state index contributed by atoms with van der Waals surface area (Å²) in [5.41, 5.74) is 0. The van der Waals surface area contributed by atoms with Crippen molar-refractivity contribution in [2.24, 2.45) is 0 Å². The summed E-state index contributed by atoms with van der Waals surface area (Å²) < 4.78 is 6.18. The van der Waals surface area contributed by atoms with Gasteiger partial charge in [0.2, 0.25) is 17.6 Å². The average molecular weight is 410 g/mol. The van der Waals surface area contributed by atoms with E-state index in [2.05, 4.69) is 31.4 Å². The number of nitrogens with zero attached hydrogens (tertiary/aromatic N) is 3. The number of likely N-dealkylation sites (N-methyl/N-ethyl adjacent to an activating group) is 2. The predicted octanol–water partition coefficient (Wildman–Crippen LogP) is 2.59. The highest BCUT2D eigenvalue weighted by molar-refractivity contribution is 9.10. The Hall–Kier alpha value is -0.960. The highest BCUT2D eigenvalue weighted by atomic mass is 79.9. The SMILES string of the molecule is CNCCN(C)C(=O)CCc1nc(-c2cc(Br)cs2)no1.Cl. The van der Waals surface area contributed by atoms with E-state index in [0.29, 0.717) is 31.1 Å². The maximum Gasteiger partial charge on any atom is 0.227 e. The molecule has 2 rings (SSSR count). The number of hydrogen-bond donors (Lipinski definition) is 1. The molecule has 0 saturated heterocycles. The zero-order valence-corrected chi connectivity index (χ0v) is 15.6. The van der Waals surface area contributed by atoms with E-state index >= 15 is 0 Å². The molecule has 0 fully saturated rings. The molecular weight excluding hydrogens is 392 g/mol. The highest BCUT2D eigenvalue weighted by Crippen LogP contribution is 2.27. The van der Waals surface area contributed by atoms with Crippen LogP contribution in [-0.4, -0.2) is 48.1 Å². The maximum absolute atomic E-state index is 11.9. The summed E-state index contributed by atoms with van der Waals surface area (Å²) in [4.78, 5) is 18.9. The lowest BCUT2D eigenvalue weighted by atomic mass is 10.3. The van der Waals surface area contributed by atoms with Crippen molar-refractivity contribution in [3.8, 4) is 10.7 Å². The average Bonchev–Trinajstić information content (AvgIpc) is 3.10. The van der Waals surface area contributed by atoms with Crippen LogP contribution in [0.3, 0.4) is 0 Å². The van der Waals surface area contributed by atoms with Crippen molar-refractivity contribution in [2.75, 3.05) is 27.2 Å². The molecule has 0 radical (unpaired) electrons. The first-order valence-corrected chi connectivity index (χ1v) is 8.23. The van der Waals surface area contributed by atoms with Crippen LogP contribution in [0.15, 0.2) is 20.4 Å². The van der Waals surface area contributed by atoms with Gasteiger partial charge in [-0.25, -0.2) is 0 Å². The summed E-state index contributed by atoms with van der Waals surface area (Å²) in [6, 6.07) is 1.94. The van der Waals surface area contributed by atoms with Crippen LogP contribution in [0.5, 0.6) is 0 Å². The topological polar surface area (TPSA) is 71.3 Å². The van der Waals surface area contributed by atoms with E-state index in [-0.39, 0.29) is 18.3 Å². The van der Waals surface area contributed by atoms with E-state index < -0.39 is 0 Å². The molecule has 1 amide bonds. The number of nitrogens with one attached hydrogen (secondary N) is 1. The van der Waals surface area contributed by atoms with Crippen molar-refractivity contribution in [1.82, 2.24) is 20.4 Å². The molecule has 0 spiro atoms. The van der Waals surface area contributed by atoms with Crippen LogP contribution in [0.2, 0.25) is 0 Å². The Labute approximate surface area is 147 Å². The molecule has 2 aromatic heterocycles. The Morgan fingerprint density at radius 2 is 2.32 bits per heavy atom. The van der Waals surface area contributed by atoms with Gasteiger partial charge in [0.15, 0.2) is 0 Å². The lowest BCUT2D eigenvalue weighted by molar-refractivity contribution is -0.129. The van der Waals surface area contributed by atoms with E-state index in [1.807, 2.05) is 18.5 Å². The molecule has 0 unspecified atom stereocenters. The van der Waals surface area contributed by atoms with Gasteiger partial charge in [-0.05, 0) is 29.0 Å². The number of aromatic nitrogens is 2. The normalized spacial score (nSPS) is 10.3. The fourth-order valence-electron chi connectivity index (χ4n) is 1.70. The van der Waals surface area contributed by atoms with Gasteiger partial charge >= 0.3 is 0 Å². The third kappa shape index (κ3) is 5.35. The van der Waals surface area contributed by atoms with Gasteiger partial charge in [-0.1, -0.05) is 5.16 Å². The Kier molecular flexibility index (Phi) is 8.02. The van der Waals surface area contributed by atoms with Crippen molar-refractivity contribution in [2.45, 2.75) is 12.8 Å². The number of aryl methyl sites for hydroxylation is 1. The first kappa shape index (κ1) is 19.1. The van der Waals surface area contributed by atoms with E-state index in [1.165, 1.54) is 0 Å². The second kappa shape index (κ2) is 9.24. The monoisotopic (exact) mass is 408 g/mol. The first-order valence-electron chi connectivity index (χ1n) is 6.55. The predicted molar refractivity (Wildman–Crippen MR) is 92.4 cm³/mol. The zero-order chi connectivity index (χ0) is 15.2. The van der Waals surface area contributed by atoms with E-state index in [4.69, 9.17) is 4.52 Å². The van der Waals surface area contributed by atoms with Crippen molar-refractivity contribution in [3.63, 3.8) is 0 Å². The number of carbonyl (C=O) groups excluding carboxylic acids is 1. The number of rotatable bonds is 7. The second-order valence-corrected chi connectivity index (χ2v) is 6.39. The number of hydrogen-bond acceptors (Lipinski definition) is 6. The van der Waals surface area contributed by atoms with Gasteiger partial charge < -0.3 is 14.7 Å².